The molecule has 0 saturated carbocycles. The third kappa shape index (κ3) is 2.68. The van der Waals surface area contributed by atoms with Crippen LogP contribution in [0.1, 0.15) is 40.0 Å². The number of anilines is 2. The number of rotatable bonds is 4. The van der Waals surface area contributed by atoms with Gasteiger partial charge in [-0.15, -0.1) is 0 Å². The van der Waals surface area contributed by atoms with Crippen LogP contribution < -0.4 is 10.2 Å². The molecule has 0 aromatic carbocycles. The maximum atomic E-state index is 4.59. The number of hydrogen-bond donors (Lipinski definition) is 1. The average molecular weight is 234 g/mol. The smallest absolute Gasteiger partial charge is 0.224 e. The molecule has 17 heavy (non-hydrogen) atoms. The number of nitrogens with one attached hydrogen (secondary N) is 1. The standard InChI is InChI=1S/C13H22N4/c1-4-8-14-12-15-9-6-11(16-12)17-10-5-7-13(17,2)3/h6,9H,4-5,7-8,10H2,1-3H3,(H,14,15,16). The summed E-state index contributed by atoms with van der Waals surface area (Å²) in [7, 11) is 0. The van der Waals surface area contributed by atoms with Crippen molar-refractivity contribution in [1.29, 1.82) is 0 Å². The van der Waals surface area contributed by atoms with Crippen LogP contribution in [0, 0.1) is 0 Å². The van der Waals surface area contributed by atoms with Gasteiger partial charge < -0.3 is 10.2 Å². The maximum absolute atomic E-state index is 4.59. The molecule has 4 nitrogen and oxygen atoms in total. The van der Waals surface area contributed by atoms with E-state index < -0.39 is 0 Å². The second kappa shape index (κ2) is 4.90. The van der Waals surface area contributed by atoms with Crippen LogP contribution in [0.5, 0.6) is 0 Å². The molecule has 1 fully saturated rings. The second-order valence-electron chi connectivity index (χ2n) is 5.23. The van der Waals surface area contributed by atoms with Gasteiger partial charge in [-0.1, -0.05) is 6.92 Å². The lowest BCUT2D eigenvalue weighted by Crippen LogP contribution is -2.38. The highest BCUT2D eigenvalue weighted by Gasteiger charge is 2.32. The highest BCUT2D eigenvalue weighted by molar-refractivity contribution is 5.46. The number of nitrogens with zero attached hydrogens (tertiary/aromatic N) is 3. The summed E-state index contributed by atoms with van der Waals surface area (Å²) in [5, 5.41) is 3.24. The van der Waals surface area contributed by atoms with E-state index in [0.717, 1.165) is 31.3 Å². The van der Waals surface area contributed by atoms with Gasteiger partial charge in [-0.25, -0.2) is 4.98 Å². The molecule has 2 rings (SSSR count). The van der Waals surface area contributed by atoms with Crippen LogP contribution in [0.4, 0.5) is 11.8 Å². The molecule has 0 spiro atoms. The van der Waals surface area contributed by atoms with Crippen LogP contribution >= 0.6 is 0 Å². The van der Waals surface area contributed by atoms with E-state index in [0.29, 0.717) is 0 Å². The van der Waals surface area contributed by atoms with E-state index in [9.17, 15) is 0 Å². The van der Waals surface area contributed by atoms with Gasteiger partial charge in [0.1, 0.15) is 5.82 Å². The predicted octanol–water partition coefficient (Wildman–Crippen LogP) is 2.68. The summed E-state index contributed by atoms with van der Waals surface area (Å²) in [6.07, 6.45) is 5.40. The van der Waals surface area contributed by atoms with Crippen molar-refractivity contribution >= 4 is 11.8 Å². The van der Waals surface area contributed by atoms with Gasteiger partial charge in [0.15, 0.2) is 0 Å². The fourth-order valence-electron chi connectivity index (χ4n) is 2.35. The van der Waals surface area contributed by atoms with Crippen LogP contribution in [0.2, 0.25) is 0 Å². The highest BCUT2D eigenvalue weighted by atomic mass is 15.3. The second-order valence-corrected chi connectivity index (χ2v) is 5.23. The molecule has 94 valence electrons. The van der Waals surface area contributed by atoms with E-state index in [4.69, 9.17) is 0 Å². The minimum Gasteiger partial charge on any atom is -0.354 e. The van der Waals surface area contributed by atoms with Gasteiger partial charge in [0.05, 0.1) is 0 Å². The average Bonchev–Trinajstić information content (AvgIpc) is 2.67. The van der Waals surface area contributed by atoms with Crippen molar-refractivity contribution in [3.05, 3.63) is 12.3 Å². The monoisotopic (exact) mass is 234 g/mol. The van der Waals surface area contributed by atoms with Gasteiger partial charge in [0.25, 0.3) is 0 Å². The molecule has 0 amide bonds. The van der Waals surface area contributed by atoms with Crippen molar-refractivity contribution in [2.24, 2.45) is 0 Å². The third-order valence-corrected chi connectivity index (χ3v) is 3.35. The molecular formula is C13H22N4. The molecule has 1 aliphatic rings. The number of aromatic nitrogens is 2. The Bertz CT molecular complexity index is 375. The Kier molecular flexibility index (Phi) is 3.50. The molecule has 0 unspecified atom stereocenters. The number of hydrogen-bond acceptors (Lipinski definition) is 4. The largest absolute Gasteiger partial charge is 0.354 e. The first kappa shape index (κ1) is 12.1. The normalized spacial score (nSPS) is 18.4. The molecule has 1 aliphatic heterocycles. The molecule has 1 aromatic rings. The quantitative estimate of drug-likeness (QED) is 0.869. The van der Waals surface area contributed by atoms with Crippen LogP contribution in [0.25, 0.3) is 0 Å². The van der Waals surface area contributed by atoms with Crippen LogP contribution in [0.15, 0.2) is 12.3 Å². The fraction of sp³-hybridized carbons (Fsp3) is 0.692. The molecule has 0 aliphatic carbocycles. The summed E-state index contributed by atoms with van der Waals surface area (Å²) >= 11 is 0. The van der Waals surface area contributed by atoms with E-state index >= 15 is 0 Å². The van der Waals surface area contributed by atoms with E-state index in [2.05, 4.69) is 41.0 Å². The van der Waals surface area contributed by atoms with Crippen LogP contribution in [0.3, 0.4) is 0 Å². The summed E-state index contributed by atoms with van der Waals surface area (Å²) in [6.45, 7) is 8.72. The van der Waals surface area contributed by atoms with Gasteiger partial charge in [-0.3, -0.25) is 0 Å². The summed E-state index contributed by atoms with van der Waals surface area (Å²) in [5.41, 5.74) is 0.219. The SMILES string of the molecule is CCCNc1nccc(N2CCCC2(C)C)n1. The van der Waals surface area contributed by atoms with Gasteiger partial charge >= 0.3 is 0 Å². The van der Waals surface area contributed by atoms with Gasteiger partial charge in [0, 0.05) is 24.8 Å². The molecular weight excluding hydrogens is 212 g/mol. The Morgan fingerprint density at radius 3 is 2.94 bits per heavy atom. The lowest BCUT2D eigenvalue weighted by atomic mass is 10.0. The Morgan fingerprint density at radius 2 is 2.29 bits per heavy atom. The molecule has 0 radical (unpaired) electrons. The van der Waals surface area contributed by atoms with Crippen molar-refractivity contribution < 1.29 is 0 Å². The van der Waals surface area contributed by atoms with Gasteiger partial charge in [0.2, 0.25) is 5.95 Å². The summed E-state index contributed by atoms with van der Waals surface area (Å²) in [6, 6.07) is 2.00. The van der Waals surface area contributed by atoms with E-state index in [1.165, 1.54) is 12.8 Å². The van der Waals surface area contributed by atoms with Crippen molar-refractivity contribution in [2.45, 2.75) is 45.6 Å². The Labute approximate surface area is 103 Å². The molecule has 0 atom stereocenters. The predicted molar refractivity (Wildman–Crippen MR) is 71.5 cm³/mol. The summed E-state index contributed by atoms with van der Waals surface area (Å²) in [4.78, 5) is 11.2. The van der Waals surface area contributed by atoms with Gasteiger partial charge in [-0.2, -0.15) is 4.98 Å². The van der Waals surface area contributed by atoms with E-state index in [-0.39, 0.29) is 5.54 Å². The van der Waals surface area contributed by atoms with E-state index in [1.807, 2.05) is 12.3 Å². The zero-order chi connectivity index (χ0) is 12.3. The van der Waals surface area contributed by atoms with Crippen molar-refractivity contribution in [2.75, 3.05) is 23.3 Å². The first-order chi connectivity index (χ1) is 8.13. The summed E-state index contributed by atoms with van der Waals surface area (Å²) < 4.78 is 0. The molecule has 2 heterocycles. The lowest BCUT2D eigenvalue weighted by Gasteiger charge is -2.32. The highest BCUT2D eigenvalue weighted by Crippen LogP contribution is 2.32. The first-order valence-corrected chi connectivity index (χ1v) is 6.48. The Hall–Kier alpha value is -1.32. The molecule has 1 aromatic heterocycles. The van der Waals surface area contributed by atoms with Crippen LogP contribution in [-0.4, -0.2) is 28.6 Å². The fourth-order valence-corrected chi connectivity index (χ4v) is 2.35. The zero-order valence-electron chi connectivity index (χ0n) is 11.0. The summed E-state index contributed by atoms with van der Waals surface area (Å²) in [5.74, 6) is 1.79. The lowest BCUT2D eigenvalue weighted by molar-refractivity contribution is 0.514. The van der Waals surface area contributed by atoms with E-state index in [1.54, 1.807) is 0 Å². The molecule has 1 saturated heterocycles. The van der Waals surface area contributed by atoms with Crippen molar-refractivity contribution in [1.82, 2.24) is 9.97 Å². The van der Waals surface area contributed by atoms with Gasteiger partial charge in [-0.05, 0) is 39.2 Å². The maximum Gasteiger partial charge on any atom is 0.224 e. The molecule has 0 bridgehead atoms. The Morgan fingerprint density at radius 1 is 1.47 bits per heavy atom. The third-order valence-electron chi connectivity index (χ3n) is 3.35. The minimum absolute atomic E-state index is 0.219. The first-order valence-electron chi connectivity index (χ1n) is 6.48. The van der Waals surface area contributed by atoms with Crippen molar-refractivity contribution in [3.63, 3.8) is 0 Å². The topological polar surface area (TPSA) is 41.1 Å². The zero-order valence-corrected chi connectivity index (χ0v) is 11.0. The molecule has 1 N–H and O–H groups in total. The molecule has 4 heteroatoms. The Balaban J connectivity index is 2.15. The van der Waals surface area contributed by atoms with Crippen molar-refractivity contribution in [3.8, 4) is 0 Å². The minimum atomic E-state index is 0.219. The van der Waals surface area contributed by atoms with Crippen LogP contribution in [-0.2, 0) is 0 Å².